The lowest BCUT2D eigenvalue weighted by Crippen LogP contribution is -2.42. The first kappa shape index (κ1) is 19.5. The van der Waals surface area contributed by atoms with Crippen LogP contribution in [0.3, 0.4) is 0 Å². The minimum atomic E-state index is -4.40. The molecule has 3 N–H and O–H groups in total. The average Bonchev–Trinajstić information content (AvgIpc) is 2.57. The Labute approximate surface area is 149 Å². The summed E-state index contributed by atoms with van der Waals surface area (Å²) in [4.78, 5) is 23.7. The normalized spacial score (nSPS) is 12.4. The van der Waals surface area contributed by atoms with E-state index in [0.717, 1.165) is 6.07 Å². The number of nitrogens with one attached hydrogen (secondary N) is 1. The van der Waals surface area contributed by atoms with Gasteiger partial charge in [-0.1, -0.05) is 42.5 Å². The van der Waals surface area contributed by atoms with Crippen molar-refractivity contribution >= 4 is 22.0 Å². The average molecular weight is 381 g/mol. The second kappa shape index (κ2) is 8.07. The molecule has 0 fully saturated rings. The first-order valence-electron chi connectivity index (χ1n) is 7.52. The van der Waals surface area contributed by atoms with Crippen LogP contribution in [-0.2, 0) is 14.9 Å². The van der Waals surface area contributed by atoms with E-state index in [1.807, 2.05) is 0 Å². The van der Waals surface area contributed by atoms with Crippen molar-refractivity contribution in [3.05, 3.63) is 59.9 Å². The Balaban J connectivity index is 2.32. The molecule has 0 aliphatic heterocycles. The van der Waals surface area contributed by atoms with Gasteiger partial charge in [-0.25, -0.2) is 9.18 Å². The molecule has 2 aromatic carbocycles. The topological polar surface area (TPSA) is 121 Å². The van der Waals surface area contributed by atoms with Crippen LogP contribution in [0.2, 0.25) is 0 Å². The molecule has 0 spiro atoms. The fraction of sp³-hybridized carbons (Fsp3) is 0.176. The summed E-state index contributed by atoms with van der Waals surface area (Å²) >= 11 is 0. The van der Waals surface area contributed by atoms with Gasteiger partial charge in [0.2, 0.25) is 0 Å². The molecule has 0 saturated heterocycles. The van der Waals surface area contributed by atoms with Crippen LogP contribution in [0.15, 0.2) is 48.5 Å². The standard InChI is InChI=1S/C17H16FNO6S/c18-13-8-4-7-12(11-5-2-1-3-6-11)15(13)16(20)19-14(17(21)22)9-10-26(23,24)25/h1-8,14H,9-10H2,(H,19,20)(H,21,22)(H,23,24,25)/t14-/m0/s1. The molecular formula is C17H16FNO6S. The first-order valence-corrected chi connectivity index (χ1v) is 9.12. The summed E-state index contributed by atoms with van der Waals surface area (Å²) in [5.41, 5.74) is 0.473. The third-order valence-corrected chi connectivity index (χ3v) is 4.34. The fourth-order valence-electron chi connectivity index (χ4n) is 2.37. The number of aliphatic carboxylic acids is 1. The monoisotopic (exact) mass is 381 g/mol. The molecule has 0 heterocycles. The molecule has 7 nitrogen and oxygen atoms in total. The minimum Gasteiger partial charge on any atom is -0.480 e. The fourth-order valence-corrected chi connectivity index (χ4v) is 2.90. The lowest BCUT2D eigenvalue weighted by Gasteiger charge is -2.16. The molecule has 0 bridgehead atoms. The van der Waals surface area contributed by atoms with Gasteiger partial charge in [0.1, 0.15) is 11.9 Å². The van der Waals surface area contributed by atoms with Gasteiger partial charge in [0.05, 0.1) is 11.3 Å². The summed E-state index contributed by atoms with van der Waals surface area (Å²) in [6.07, 6.45) is -0.560. The second-order valence-corrected chi connectivity index (χ2v) is 7.04. The van der Waals surface area contributed by atoms with Crippen molar-refractivity contribution < 1.29 is 32.1 Å². The molecule has 138 valence electrons. The van der Waals surface area contributed by atoms with E-state index in [2.05, 4.69) is 5.32 Å². The van der Waals surface area contributed by atoms with Crippen molar-refractivity contribution in [1.29, 1.82) is 0 Å². The zero-order chi connectivity index (χ0) is 19.3. The van der Waals surface area contributed by atoms with Crippen LogP contribution in [0.1, 0.15) is 16.8 Å². The van der Waals surface area contributed by atoms with Gasteiger partial charge in [-0.15, -0.1) is 0 Å². The van der Waals surface area contributed by atoms with Crippen LogP contribution in [-0.4, -0.2) is 41.7 Å². The molecule has 0 radical (unpaired) electrons. The van der Waals surface area contributed by atoms with Gasteiger partial charge in [0, 0.05) is 0 Å². The van der Waals surface area contributed by atoms with Crippen molar-refractivity contribution in [3.63, 3.8) is 0 Å². The summed E-state index contributed by atoms with van der Waals surface area (Å²) < 4.78 is 44.6. The number of amides is 1. The predicted octanol–water partition coefficient (Wildman–Crippen LogP) is 1.95. The molecule has 2 rings (SSSR count). The maximum atomic E-state index is 14.3. The number of rotatable bonds is 7. The minimum absolute atomic E-state index is 0.266. The van der Waals surface area contributed by atoms with Crippen molar-refractivity contribution in [1.82, 2.24) is 5.32 Å². The Morgan fingerprint density at radius 2 is 1.73 bits per heavy atom. The third-order valence-electron chi connectivity index (χ3n) is 3.59. The summed E-state index contributed by atoms with van der Waals surface area (Å²) in [6, 6.07) is 10.9. The van der Waals surface area contributed by atoms with Crippen LogP contribution in [0.5, 0.6) is 0 Å². The molecule has 1 atom stereocenters. The molecule has 0 unspecified atom stereocenters. The van der Waals surface area contributed by atoms with E-state index in [1.54, 1.807) is 30.3 Å². The maximum absolute atomic E-state index is 14.3. The summed E-state index contributed by atoms with van der Waals surface area (Å²) in [5, 5.41) is 11.2. The molecule has 26 heavy (non-hydrogen) atoms. The SMILES string of the molecule is O=C(N[C@@H](CCS(=O)(=O)O)C(=O)O)c1c(F)cccc1-c1ccccc1. The Morgan fingerprint density at radius 3 is 2.31 bits per heavy atom. The Kier molecular flexibility index (Phi) is 6.06. The lowest BCUT2D eigenvalue weighted by molar-refractivity contribution is -0.139. The van der Waals surface area contributed by atoms with E-state index >= 15 is 0 Å². The number of benzene rings is 2. The molecule has 0 aromatic heterocycles. The van der Waals surface area contributed by atoms with Crippen LogP contribution < -0.4 is 5.32 Å². The van der Waals surface area contributed by atoms with Crippen LogP contribution in [0, 0.1) is 5.82 Å². The Morgan fingerprint density at radius 1 is 1.08 bits per heavy atom. The van der Waals surface area contributed by atoms with Crippen molar-refractivity contribution in [2.45, 2.75) is 12.5 Å². The lowest BCUT2D eigenvalue weighted by atomic mass is 9.98. The van der Waals surface area contributed by atoms with E-state index in [1.165, 1.54) is 12.1 Å². The summed E-state index contributed by atoms with van der Waals surface area (Å²) in [5.74, 6) is -4.19. The highest BCUT2D eigenvalue weighted by Gasteiger charge is 2.25. The summed E-state index contributed by atoms with van der Waals surface area (Å²) in [6.45, 7) is 0. The van der Waals surface area contributed by atoms with Crippen molar-refractivity contribution in [2.24, 2.45) is 0 Å². The molecular weight excluding hydrogens is 365 g/mol. The van der Waals surface area contributed by atoms with E-state index in [4.69, 9.17) is 9.66 Å². The van der Waals surface area contributed by atoms with Crippen LogP contribution in [0.25, 0.3) is 11.1 Å². The molecule has 0 aliphatic carbocycles. The third kappa shape index (κ3) is 5.11. The van der Waals surface area contributed by atoms with Gasteiger partial charge in [-0.05, 0) is 23.6 Å². The highest BCUT2D eigenvalue weighted by molar-refractivity contribution is 7.85. The van der Waals surface area contributed by atoms with E-state index < -0.39 is 46.0 Å². The van der Waals surface area contributed by atoms with Crippen LogP contribution >= 0.6 is 0 Å². The molecule has 9 heteroatoms. The smallest absolute Gasteiger partial charge is 0.326 e. The number of carboxylic acids is 1. The van der Waals surface area contributed by atoms with Gasteiger partial charge >= 0.3 is 5.97 Å². The second-order valence-electron chi connectivity index (χ2n) is 5.47. The molecule has 0 aliphatic rings. The highest BCUT2D eigenvalue weighted by Crippen LogP contribution is 2.25. The zero-order valence-electron chi connectivity index (χ0n) is 13.4. The highest BCUT2D eigenvalue weighted by atomic mass is 32.2. The molecule has 0 saturated carbocycles. The number of carboxylic acid groups (broad SMARTS) is 1. The number of halogens is 1. The van der Waals surface area contributed by atoms with E-state index in [9.17, 15) is 22.4 Å². The maximum Gasteiger partial charge on any atom is 0.326 e. The first-order chi connectivity index (χ1) is 12.2. The van der Waals surface area contributed by atoms with Gasteiger partial charge < -0.3 is 10.4 Å². The van der Waals surface area contributed by atoms with Gasteiger partial charge in [0.15, 0.2) is 0 Å². The van der Waals surface area contributed by atoms with Gasteiger partial charge in [-0.3, -0.25) is 9.35 Å². The van der Waals surface area contributed by atoms with E-state index in [-0.39, 0.29) is 11.1 Å². The van der Waals surface area contributed by atoms with Gasteiger partial charge in [0.25, 0.3) is 16.0 Å². The number of carbonyl (C=O) groups is 2. The Hall–Kier alpha value is -2.78. The van der Waals surface area contributed by atoms with Crippen molar-refractivity contribution in [3.8, 4) is 11.1 Å². The Bertz CT molecular complexity index is 914. The largest absolute Gasteiger partial charge is 0.480 e. The molecule has 1 amide bonds. The number of hydrogen-bond acceptors (Lipinski definition) is 4. The number of hydrogen-bond donors (Lipinski definition) is 3. The summed E-state index contributed by atoms with van der Waals surface area (Å²) in [7, 11) is -4.40. The van der Waals surface area contributed by atoms with Crippen LogP contribution in [0.4, 0.5) is 4.39 Å². The van der Waals surface area contributed by atoms with E-state index in [0.29, 0.717) is 5.56 Å². The number of carbonyl (C=O) groups excluding carboxylic acids is 1. The molecule has 2 aromatic rings. The van der Waals surface area contributed by atoms with Crippen molar-refractivity contribution in [2.75, 3.05) is 5.75 Å². The zero-order valence-corrected chi connectivity index (χ0v) is 14.2. The predicted molar refractivity (Wildman–Crippen MR) is 91.8 cm³/mol. The van der Waals surface area contributed by atoms with Gasteiger partial charge in [-0.2, -0.15) is 8.42 Å². The quantitative estimate of drug-likeness (QED) is 0.631.